The second-order valence-corrected chi connectivity index (χ2v) is 10.6. The Hall–Kier alpha value is -1.93. The van der Waals surface area contributed by atoms with Crippen LogP contribution in [0.5, 0.6) is 0 Å². The summed E-state index contributed by atoms with van der Waals surface area (Å²) in [6, 6.07) is 5.33. The number of hydrogen-bond donors (Lipinski definition) is 1. The SMILES string of the molecule is CCCCCC(C)NC(=O)CCc1nc2cc(S(=O)(=O)N3CCCCC3)ccc2n1C. The first-order chi connectivity index (χ1) is 14.8. The highest BCUT2D eigenvalue weighted by Crippen LogP contribution is 2.24. The van der Waals surface area contributed by atoms with Crippen molar-refractivity contribution in [1.82, 2.24) is 19.2 Å². The number of rotatable bonds is 10. The summed E-state index contributed by atoms with van der Waals surface area (Å²) < 4.78 is 29.5. The molecular formula is C23H36N4O3S. The Kier molecular flexibility index (Phi) is 8.11. The Labute approximate surface area is 186 Å². The molecule has 8 heteroatoms. The minimum Gasteiger partial charge on any atom is -0.354 e. The van der Waals surface area contributed by atoms with Crippen LogP contribution in [0, 0.1) is 0 Å². The van der Waals surface area contributed by atoms with Crippen LogP contribution in [0.2, 0.25) is 0 Å². The van der Waals surface area contributed by atoms with Crippen molar-refractivity contribution in [3.63, 3.8) is 0 Å². The summed E-state index contributed by atoms with van der Waals surface area (Å²) in [6.07, 6.45) is 8.29. The normalized spacial score (nSPS) is 16.5. The maximum atomic E-state index is 13.0. The topological polar surface area (TPSA) is 84.3 Å². The average Bonchev–Trinajstić information content (AvgIpc) is 3.08. The molecule has 2 heterocycles. The lowest BCUT2D eigenvalue weighted by Crippen LogP contribution is -2.35. The predicted molar refractivity (Wildman–Crippen MR) is 123 cm³/mol. The number of nitrogens with zero attached hydrogens (tertiary/aromatic N) is 3. The molecule has 0 saturated carbocycles. The number of imidazole rings is 1. The van der Waals surface area contributed by atoms with Gasteiger partial charge in [0.25, 0.3) is 0 Å². The molecule has 7 nitrogen and oxygen atoms in total. The van der Waals surface area contributed by atoms with E-state index in [1.165, 1.54) is 12.8 Å². The first kappa shape index (κ1) is 23.7. The van der Waals surface area contributed by atoms with Crippen molar-refractivity contribution >= 4 is 27.0 Å². The highest BCUT2D eigenvalue weighted by Gasteiger charge is 2.26. The van der Waals surface area contributed by atoms with E-state index in [1.54, 1.807) is 16.4 Å². The second kappa shape index (κ2) is 10.6. The van der Waals surface area contributed by atoms with Crippen LogP contribution in [-0.2, 0) is 28.3 Å². The van der Waals surface area contributed by atoms with Gasteiger partial charge < -0.3 is 9.88 Å². The standard InChI is InChI=1S/C23H36N4O3S/c1-4-5-7-10-18(2)24-23(28)14-13-22-25-20-17-19(11-12-21(20)26(22)3)31(29,30)27-15-8-6-9-16-27/h11-12,17-18H,4-10,13-16H2,1-3H3,(H,24,28). The molecule has 1 atom stereocenters. The first-order valence-electron chi connectivity index (χ1n) is 11.6. The van der Waals surface area contributed by atoms with E-state index in [2.05, 4.69) is 17.2 Å². The van der Waals surface area contributed by atoms with Crippen molar-refractivity contribution in [1.29, 1.82) is 0 Å². The lowest BCUT2D eigenvalue weighted by molar-refractivity contribution is -0.121. The van der Waals surface area contributed by atoms with E-state index >= 15 is 0 Å². The number of carbonyl (C=O) groups is 1. The van der Waals surface area contributed by atoms with Gasteiger partial charge in [-0.15, -0.1) is 0 Å². The monoisotopic (exact) mass is 448 g/mol. The van der Waals surface area contributed by atoms with Gasteiger partial charge in [0.05, 0.1) is 15.9 Å². The minimum absolute atomic E-state index is 0.0319. The van der Waals surface area contributed by atoms with Gasteiger partial charge in [-0.05, 0) is 44.4 Å². The highest BCUT2D eigenvalue weighted by molar-refractivity contribution is 7.89. The molecule has 0 aliphatic carbocycles. The maximum absolute atomic E-state index is 13.0. The zero-order chi connectivity index (χ0) is 22.4. The summed E-state index contributed by atoms with van der Waals surface area (Å²) in [5.74, 6) is 0.820. The smallest absolute Gasteiger partial charge is 0.243 e. The summed E-state index contributed by atoms with van der Waals surface area (Å²) in [6.45, 7) is 5.39. The van der Waals surface area contributed by atoms with Gasteiger partial charge >= 0.3 is 0 Å². The second-order valence-electron chi connectivity index (χ2n) is 8.67. The lowest BCUT2D eigenvalue weighted by Gasteiger charge is -2.25. The fourth-order valence-corrected chi connectivity index (χ4v) is 5.75. The molecule has 0 spiro atoms. The van der Waals surface area contributed by atoms with Crippen LogP contribution in [0.25, 0.3) is 11.0 Å². The fourth-order valence-electron chi connectivity index (χ4n) is 4.21. The highest BCUT2D eigenvalue weighted by atomic mass is 32.2. The van der Waals surface area contributed by atoms with Crippen molar-refractivity contribution in [2.75, 3.05) is 13.1 Å². The molecule has 1 N–H and O–H groups in total. The van der Waals surface area contributed by atoms with E-state index in [4.69, 9.17) is 0 Å². The number of unbranched alkanes of at least 4 members (excludes halogenated alkanes) is 2. The number of benzene rings is 1. The Morgan fingerprint density at radius 1 is 1.19 bits per heavy atom. The van der Waals surface area contributed by atoms with E-state index < -0.39 is 10.0 Å². The molecule has 1 aliphatic rings. The lowest BCUT2D eigenvalue weighted by atomic mass is 10.1. The van der Waals surface area contributed by atoms with Crippen molar-refractivity contribution in [2.45, 2.75) is 82.6 Å². The molecule has 31 heavy (non-hydrogen) atoms. The minimum atomic E-state index is -3.49. The summed E-state index contributed by atoms with van der Waals surface area (Å²) in [5, 5.41) is 3.07. The van der Waals surface area contributed by atoms with E-state index in [1.807, 2.05) is 24.6 Å². The van der Waals surface area contributed by atoms with Gasteiger partial charge in [0.2, 0.25) is 15.9 Å². The van der Waals surface area contributed by atoms with Crippen LogP contribution < -0.4 is 5.32 Å². The fraction of sp³-hybridized carbons (Fsp3) is 0.652. The molecule has 1 saturated heterocycles. The molecule has 3 rings (SSSR count). The number of sulfonamides is 1. The van der Waals surface area contributed by atoms with Gasteiger partial charge in [-0.1, -0.05) is 32.6 Å². The first-order valence-corrected chi connectivity index (χ1v) is 13.0. The Morgan fingerprint density at radius 3 is 2.65 bits per heavy atom. The van der Waals surface area contributed by atoms with Gasteiger partial charge in [-0.25, -0.2) is 13.4 Å². The van der Waals surface area contributed by atoms with Gasteiger partial charge in [0, 0.05) is 39.0 Å². The quantitative estimate of drug-likeness (QED) is 0.561. The van der Waals surface area contributed by atoms with E-state index in [0.29, 0.717) is 36.3 Å². The third-order valence-electron chi connectivity index (χ3n) is 6.12. The molecule has 172 valence electrons. The van der Waals surface area contributed by atoms with E-state index in [-0.39, 0.29) is 11.9 Å². The molecule has 0 bridgehead atoms. The molecule has 0 radical (unpaired) electrons. The summed E-state index contributed by atoms with van der Waals surface area (Å²) in [4.78, 5) is 17.3. The third-order valence-corrected chi connectivity index (χ3v) is 8.02. The number of fused-ring (bicyclic) bond motifs is 1. The molecule has 1 aliphatic heterocycles. The van der Waals surface area contributed by atoms with Crippen LogP contribution in [0.1, 0.15) is 71.0 Å². The number of piperidine rings is 1. The summed E-state index contributed by atoms with van der Waals surface area (Å²) in [7, 11) is -1.57. The Morgan fingerprint density at radius 2 is 1.94 bits per heavy atom. The molecule has 1 amide bonds. The average molecular weight is 449 g/mol. The van der Waals surface area contributed by atoms with Crippen LogP contribution in [0.4, 0.5) is 0 Å². The number of aromatic nitrogens is 2. The summed E-state index contributed by atoms with van der Waals surface area (Å²) >= 11 is 0. The van der Waals surface area contributed by atoms with Crippen LogP contribution in [-0.4, -0.2) is 47.3 Å². The third kappa shape index (κ3) is 5.86. The van der Waals surface area contributed by atoms with Crippen molar-refractivity contribution in [3.05, 3.63) is 24.0 Å². The zero-order valence-corrected chi connectivity index (χ0v) is 19.9. The number of hydrogen-bond acceptors (Lipinski definition) is 4. The summed E-state index contributed by atoms with van der Waals surface area (Å²) in [5.41, 5.74) is 1.53. The van der Waals surface area contributed by atoms with E-state index in [9.17, 15) is 13.2 Å². The largest absolute Gasteiger partial charge is 0.354 e. The molecule has 1 fully saturated rings. The van der Waals surface area contributed by atoms with Crippen molar-refractivity contribution in [2.24, 2.45) is 7.05 Å². The molecular weight excluding hydrogens is 412 g/mol. The van der Waals surface area contributed by atoms with Crippen LogP contribution >= 0.6 is 0 Å². The van der Waals surface area contributed by atoms with Crippen LogP contribution in [0.15, 0.2) is 23.1 Å². The molecule has 1 aromatic heterocycles. The van der Waals surface area contributed by atoms with E-state index in [0.717, 1.165) is 43.4 Å². The number of aryl methyl sites for hydroxylation is 2. The number of nitrogens with one attached hydrogen (secondary N) is 1. The van der Waals surface area contributed by atoms with Gasteiger partial charge in [-0.3, -0.25) is 4.79 Å². The van der Waals surface area contributed by atoms with Gasteiger partial charge in [0.1, 0.15) is 5.82 Å². The number of carbonyl (C=O) groups excluding carboxylic acids is 1. The van der Waals surface area contributed by atoms with Crippen molar-refractivity contribution < 1.29 is 13.2 Å². The van der Waals surface area contributed by atoms with Crippen LogP contribution in [0.3, 0.4) is 0 Å². The number of amides is 1. The Bertz CT molecular complexity index is 994. The van der Waals surface area contributed by atoms with Crippen molar-refractivity contribution in [3.8, 4) is 0 Å². The zero-order valence-electron chi connectivity index (χ0n) is 19.1. The molecule has 1 unspecified atom stereocenters. The van der Waals surface area contributed by atoms with Gasteiger partial charge in [-0.2, -0.15) is 4.31 Å². The Balaban J connectivity index is 1.66. The van der Waals surface area contributed by atoms with Gasteiger partial charge in [0.15, 0.2) is 0 Å². The maximum Gasteiger partial charge on any atom is 0.243 e. The molecule has 2 aromatic rings. The molecule has 1 aromatic carbocycles. The predicted octanol–water partition coefficient (Wildman–Crippen LogP) is 3.77.